The van der Waals surface area contributed by atoms with E-state index in [1.54, 1.807) is 0 Å². The summed E-state index contributed by atoms with van der Waals surface area (Å²) in [6.45, 7) is 15.5. The fraction of sp³-hybridized carbons (Fsp3) is 0.895. The maximum Gasteiger partial charge on any atom is 0.144 e. The fourth-order valence-electron chi connectivity index (χ4n) is 1.85. The van der Waals surface area contributed by atoms with Gasteiger partial charge in [0.05, 0.1) is 12.3 Å². The highest BCUT2D eigenvalue weighted by Crippen LogP contribution is 2.25. The summed E-state index contributed by atoms with van der Waals surface area (Å²) >= 11 is 0. The smallest absolute Gasteiger partial charge is 0.144 e. The first-order valence-corrected chi connectivity index (χ1v) is 8.95. The van der Waals surface area contributed by atoms with E-state index in [1.807, 2.05) is 48.5 Å². The van der Waals surface area contributed by atoms with Crippen LogP contribution in [0.15, 0.2) is 11.3 Å². The van der Waals surface area contributed by atoms with E-state index in [0.717, 1.165) is 24.8 Å². The van der Waals surface area contributed by atoms with Gasteiger partial charge < -0.3 is 4.89 Å². The Morgan fingerprint density at radius 1 is 0.958 bits per heavy atom. The molecule has 0 amide bonds. The Morgan fingerprint density at radius 2 is 1.54 bits per heavy atom. The zero-order valence-corrected chi connectivity index (χ0v) is 16.8. The van der Waals surface area contributed by atoms with Gasteiger partial charge in [0.2, 0.25) is 0 Å². The maximum atomic E-state index is 13.2. The third-order valence-corrected chi connectivity index (χ3v) is 3.15. The Balaban J connectivity index is 5.19. The monoisotopic (exact) mass is 348 g/mol. The van der Waals surface area contributed by atoms with E-state index in [4.69, 9.17) is 19.6 Å². The van der Waals surface area contributed by atoms with E-state index >= 15 is 0 Å². The molecule has 0 N–H and O–H groups in total. The molecule has 0 aromatic heterocycles. The Morgan fingerprint density at radius 3 is 1.96 bits per heavy atom. The summed E-state index contributed by atoms with van der Waals surface area (Å²) in [7, 11) is 0. The minimum Gasteiger partial charge on any atom is -0.342 e. The van der Waals surface area contributed by atoms with Gasteiger partial charge in [-0.05, 0) is 53.9 Å². The number of alkyl halides is 1. The molecule has 0 rings (SSSR count). The SMILES string of the molecule is CCC/C(COOC(C)(C)C)=C(/CC(CC)CF)OOC(C)(C)C. The molecule has 1 unspecified atom stereocenters. The molecular weight excluding hydrogens is 311 g/mol. The van der Waals surface area contributed by atoms with Crippen LogP contribution in [0.25, 0.3) is 0 Å². The summed E-state index contributed by atoms with van der Waals surface area (Å²) in [5.74, 6) is 0.577. The van der Waals surface area contributed by atoms with Crippen molar-refractivity contribution in [2.75, 3.05) is 13.3 Å². The molecule has 0 saturated carbocycles. The molecule has 0 aliphatic heterocycles. The lowest BCUT2D eigenvalue weighted by Gasteiger charge is -2.24. The van der Waals surface area contributed by atoms with Crippen molar-refractivity contribution < 1.29 is 23.9 Å². The Bertz CT molecular complexity index is 363. The maximum absolute atomic E-state index is 13.2. The largest absolute Gasteiger partial charge is 0.342 e. The van der Waals surface area contributed by atoms with Crippen LogP contribution in [0.1, 0.15) is 81.1 Å². The van der Waals surface area contributed by atoms with E-state index < -0.39 is 5.60 Å². The molecule has 0 heterocycles. The lowest BCUT2D eigenvalue weighted by molar-refractivity contribution is -0.346. The molecule has 0 aliphatic carbocycles. The summed E-state index contributed by atoms with van der Waals surface area (Å²) < 4.78 is 13.2. The first-order valence-electron chi connectivity index (χ1n) is 8.95. The summed E-state index contributed by atoms with van der Waals surface area (Å²) in [6.07, 6.45) is 2.97. The molecule has 0 aromatic carbocycles. The lowest BCUT2D eigenvalue weighted by atomic mass is 9.99. The molecular formula is C19H37FO4. The summed E-state index contributed by atoms with van der Waals surface area (Å²) in [5.41, 5.74) is 0.131. The highest BCUT2D eigenvalue weighted by Gasteiger charge is 2.20. The van der Waals surface area contributed by atoms with E-state index in [1.165, 1.54) is 0 Å². The standard InChI is InChI=1S/C19H37FO4/c1-9-11-16(14-21-23-18(3,4)5)17(12-15(10-2)13-20)22-24-19(6,7)8/h15H,9-14H2,1-8H3/b17-16+. The van der Waals surface area contributed by atoms with Gasteiger partial charge in [-0.15, -0.1) is 0 Å². The first-order chi connectivity index (χ1) is 11.0. The molecule has 0 aliphatic rings. The summed E-state index contributed by atoms with van der Waals surface area (Å²) in [5, 5.41) is 0. The van der Waals surface area contributed by atoms with E-state index in [0.29, 0.717) is 12.2 Å². The molecule has 0 saturated heterocycles. The zero-order chi connectivity index (χ0) is 18.8. The highest BCUT2D eigenvalue weighted by atomic mass is 19.1. The Hall–Kier alpha value is -0.650. The van der Waals surface area contributed by atoms with Crippen LogP contribution in [-0.4, -0.2) is 24.5 Å². The molecule has 144 valence electrons. The Labute approximate surface area is 147 Å². The van der Waals surface area contributed by atoms with Crippen molar-refractivity contribution in [1.29, 1.82) is 0 Å². The van der Waals surface area contributed by atoms with Gasteiger partial charge in [-0.3, -0.25) is 4.39 Å². The molecule has 0 fully saturated rings. The van der Waals surface area contributed by atoms with Crippen LogP contribution in [0, 0.1) is 5.92 Å². The first kappa shape index (κ1) is 23.4. The minimum atomic E-state index is -0.442. The number of allylic oxidation sites excluding steroid dienone is 1. The van der Waals surface area contributed by atoms with Gasteiger partial charge in [0.1, 0.15) is 18.0 Å². The quantitative estimate of drug-likeness (QED) is 0.264. The van der Waals surface area contributed by atoms with Crippen molar-refractivity contribution >= 4 is 0 Å². The van der Waals surface area contributed by atoms with Gasteiger partial charge in [0, 0.05) is 12.0 Å². The third-order valence-electron chi connectivity index (χ3n) is 3.15. The van der Waals surface area contributed by atoms with Crippen LogP contribution in [-0.2, 0) is 19.6 Å². The van der Waals surface area contributed by atoms with Gasteiger partial charge in [0.15, 0.2) is 0 Å². The van der Waals surface area contributed by atoms with Crippen LogP contribution < -0.4 is 0 Å². The average molecular weight is 348 g/mol. The van der Waals surface area contributed by atoms with Crippen molar-refractivity contribution in [2.24, 2.45) is 5.92 Å². The number of halogens is 1. The predicted octanol–water partition coefficient (Wildman–Crippen LogP) is 5.92. The molecule has 0 aromatic rings. The van der Waals surface area contributed by atoms with E-state index in [9.17, 15) is 4.39 Å². The molecule has 1 atom stereocenters. The van der Waals surface area contributed by atoms with Crippen molar-refractivity contribution in [3.05, 3.63) is 11.3 Å². The highest BCUT2D eigenvalue weighted by molar-refractivity contribution is 5.09. The van der Waals surface area contributed by atoms with Gasteiger partial charge >= 0.3 is 0 Å². The molecule has 0 bridgehead atoms. The van der Waals surface area contributed by atoms with Gasteiger partial charge in [-0.1, -0.05) is 26.7 Å². The van der Waals surface area contributed by atoms with Crippen LogP contribution in [0.3, 0.4) is 0 Å². The molecule has 0 spiro atoms. The van der Waals surface area contributed by atoms with Crippen LogP contribution >= 0.6 is 0 Å². The van der Waals surface area contributed by atoms with Crippen molar-refractivity contribution in [2.45, 2.75) is 92.3 Å². The second-order valence-corrected chi connectivity index (χ2v) is 8.15. The minimum absolute atomic E-state index is 0.0843. The topological polar surface area (TPSA) is 36.9 Å². The van der Waals surface area contributed by atoms with Crippen LogP contribution in [0.2, 0.25) is 0 Å². The number of rotatable bonds is 11. The predicted molar refractivity (Wildman–Crippen MR) is 95.0 cm³/mol. The summed E-state index contributed by atoms with van der Waals surface area (Å²) in [4.78, 5) is 21.8. The van der Waals surface area contributed by atoms with E-state index in [2.05, 4.69) is 6.92 Å². The normalized spacial score (nSPS) is 15.2. The summed E-state index contributed by atoms with van der Waals surface area (Å²) in [6, 6.07) is 0. The van der Waals surface area contributed by atoms with Gasteiger partial charge in [-0.25, -0.2) is 9.78 Å². The van der Waals surface area contributed by atoms with Crippen LogP contribution in [0.5, 0.6) is 0 Å². The van der Waals surface area contributed by atoms with Crippen molar-refractivity contribution in [3.8, 4) is 0 Å². The van der Waals surface area contributed by atoms with Crippen molar-refractivity contribution in [1.82, 2.24) is 0 Å². The van der Waals surface area contributed by atoms with Gasteiger partial charge in [0.25, 0.3) is 0 Å². The molecule has 0 radical (unpaired) electrons. The average Bonchev–Trinajstić information content (AvgIpc) is 2.45. The zero-order valence-electron chi connectivity index (χ0n) is 16.8. The third kappa shape index (κ3) is 11.8. The molecule has 4 nitrogen and oxygen atoms in total. The second-order valence-electron chi connectivity index (χ2n) is 8.15. The molecule has 24 heavy (non-hydrogen) atoms. The van der Waals surface area contributed by atoms with Crippen molar-refractivity contribution in [3.63, 3.8) is 0 Å². The van der Waals surface area contributed by atoms with Crippen LogP contribution in [0.4, 0.5) is 4.39 Å². The fourth-order valence-corrected chi connectivity index (χ4v) is 1.85. The van der Waals surface area contributed by atoms with E-state index in [-0.39, 0.29) is 24.8 Å². The van der Waals surface area contributed by atoms with Gasteiger partial charge in [-0.2, -0.15) is 4.89 Å². The second kappa shape index (κ2) is 11.1. The number of hydrogen-bond donors (Lipinski definition) is 0. The Kier molecular flexibility index (Phi) is 10.8. The number of hydrogen-bond acceptors (Lipinski definition) is 4. The lowest BCUT2D eigenvalue weighted by Crippen LogP contribution is -2.22. The molecule has 5 heteroatoms.